The number of amides is 1. The highest BCUT2D eigenvalue weighted by atomic mass is 19.4. The molecular weight excluding hydrogens is 263 g/mol. The summed E-state index contributed by atoms with van der Waals surface area (Å²) in [6.07, 6.45) is -2.16. The number of anilines is 1. The summed E-state index contributed by atoms with van der Waals surface area (Å²) in [7, 11) is 0. The van der Waals surface area contributed by atoms with Crippen LogP contribution in [0.2, 0.25) is 0 Å². The van der Waals surface area contributed by atoms with Crippen molar-refractivity contribution >= 4 is 11.6 Å². The van der Waals surface area contributed by atoms with Gasteiger partial charge < -0.3 is 10.1 Å². The van der Waals surface area contributed by atoms with Crippen LogP contribution >= 0.6 is 0 Å². The highest BCUT2D eigenvalue weighted by Gasteiger charge is 2.28. The van der Waals surface area contributed by atoms with Crippen molar-refractivity contribution in [3.63, 3.8) is 0 Å². The number of nitrogens with zero attached hydrogens (tertiary/aromatic N) is 2. The van der Waals surface area contributed by atoms with E-state index in [0.717, 1.165) is 6.42 Å². The van der Waals surface area contributed by atoms with E-state index in [1.807, 2.05) is 0 Å². The lowest BCUT2D eigenvalue weighted by Gasteiger charge is -2.07. The van der Waals surface area contributed by atoms with Crippen LogP contribution in [0.25, 0.3) is 0 Å². The van der Waals surface area contributed by atoms with Gasteiger partial charge in [0, 0.05) is 19.2 Å². The second-order valence-corrected chi connectivity index (χ2v) is 4.39. The highest BCUT2D eigenvalue weighted by Crippen LogP contribution is 2.22. The third-order valence-corrected chi connectivity index (χ3v) is 2.80. The standard InChI is InChI=1S/C11H14F3N3O2/c12-11(13,14)3-1-10(18)16-8-5-15-17(6-8)9-2-4-19-7-9/h5-6,9H,1-4,7H2,(H,16,18). The molecule has 1 amide bonds. The van der Waals surface area contributed by atoms with Gasteiger partial charge in [-0.1, -0.05) is 0 Å². The minimum atomic E-state index is -4.32. The third-order valence-electron chi connectivity index (χ3n) is 2.80. The number of ether oxygens (including phenoxy) is 1. The first-order valence-corrected chi connectivity index (χ1v) is 5.92. The predicted octanol–water partition coefficient (Wildman–Crippen LogP) is 2.13. The maximum Gasteiger partial charge on any atom is 0.389 e. The highest BCUT2D eigenvalue weighted by molar-refractivity contribution is 5.90. The molecule has 0 aromatic carbocycles. The monoisotopic (exact) mass is 277 g/mol. The Morgan fingerprint density at radius 2 is 2.37 bits per heavy atom. The maximum absolute atomic E-state index is 12.0. The number of alkyl halides is 3. The van der Waals surface area contributed by atoms with Crippen molar-refractivity contribution < 1.29 is 22.7 Å². The lowest BCUT2D eigenvalue weighted by Crippen LogP contribution is -2.16. The molecule has 19 heavy (non-hydrogen) atoms. The first-order chi connectivity index (χ1) is 8.94. The van der Waals surface area contributed by atoms with Gasteiger partial charge in [-0.15, -0.1) is 0 Å². The molecule has 0 saturated carbocycles. The Labute approximate surface area is 107 Å². The third kappa shape index (κ3) is 4.23. The quantitative estimate of drug-likeness (QED) is 0.917. The second-order valence-electron chi connectivity index (χ2n) is 4.39. The Morgan fingerprint density at radius 1 is 1.58 bits per heavy atom. The molecule has 1 aromatic heterocycles. The maximum atomic E-state index is 12.0. The van der Waals surface area contributed by atoms with Crippen molar-refractivity contribution in [2.45, 2.75) is 31.5 Å². The summed E-state index contributed by atoms with van der Waals surface area (Å²) in [4.78, 5) is 11.3. The Hall–Kier alpha value is -1.57. The fourth-order valence-electron chi connectivity index (χ4n) is 1.81. The van der Waals surface area contributed by atoms with Gasteiger partial charge in [-0.25, -0.2) is 0 Å². The van der Waals surface area contributed by atoms with E-state index < -0.39 is 24.9 Å². The van der Waals surface area contributed by atoms with Crippen molar-refractivity contribution in [1.29, 1.82) is 0 Å². The molecule has 1 aromatic rings. The smallest absolute Gasteiger partial charge is 0.379 e. The Bertz CT molecular complexity index is 439. The molecule has 1 unspecified atom stereocenters. The largest absolute Gasteiger partial charge is 0.389 e. The summed E-state index contributed by atoms with van der Waals surface area (Å²) < 4.78 is 42.7. The predicted molar refractivity (Wildman–Crippen MR) is 60.6 cm³/mol. The molecule has 2 heterocycles. The van der Waals surface area contributed by atoms with Crippen LogP contribution in [0.4, 0.5) is 18.9 Å². The van der Waals surface area contributed by atoms with E-state index in [1.165, 1.54) is 6.20 Å². The van der Waals surface area contributed by atoms with E-state index >= 15 is 0 Å². The number of hydrogen-bond acceptors (Lipinski definition) is 3. The van der Waals surface area contributed by atoms with Crippen LogP contribution in [0.15, 0.2) is 12.4 Å². The number of hydrogen-bond donors (Lipinski definition) is 1. The molecule has 0 bridgehead atoms. The zero-order valence-electron chi connectivity index (χ0n) is 10.1. The van der Waals surface area contributed by atoms with Crippen LogP contribution in [0.5, 0.6) is 0 Å². The Morgan fingerprint density at radius 3 is 3.00 bits per heavy atom. The molecule has 2 rings (SSSR count). The van der Waals surface area contributed by atoms with Crippen molar-refractivity contribution in [1.82, 2.24) is 9.78 Å². The van der Waals surface area contributed by atoms with Gasteiger partial charge in [0.05, 0.1) is 31.0 Å². The van der Waals surface area contributed by atoms with Gasteiger partial charge in [-0.05, 0) is 6.42 Å². The zero-order valence-corrected chi connectivity index (χ0v) is 10.1. The summed E-state index contributed by atoms with van der Waals surface area (Å²) in [6.45, 7) is 1.22. The van der Waals surface area contributed by atoms with E-state index in [0.29, 0.717) is 18.9 Å². The van der Waals surface area contributed by atoms with E-state index in [4.69, 9.17) is 4.74 Å². The van der Waals surface area contributed by atoms with Crippen molar-refractivity contribution in [2.75, 3.05) is 18.5 Å². The number of carbonyl (C=O) groups excluding carboxylic acids is 1. The number of halogens is 3. The molecule has 1 aliphatic rings. The topological polar surface area (TPSA) is 56.2 Å². The fourth-order valence-corrected chi connectivity index (χ4v) is 1.81. The summed E-state index contributed by atoms with van der Waals surface area (Å²) in [6, 6.07) is 0.126. The van der Waals surface area contributed by atoms with Gasteiger partial charge in [0.2, 0.25) is 5.91 Å². The minimum Gasteiger partial charge on any atom is -0.379 e. The number of rotatable bonds is 4. The average molecular weight is 277 g/mol. The first-order valence-electron chi connectivity index (χ1n) is 5.92. The summed E-state index contributed by atoms with van der Waals surface area (Å²) in [5.41, 5.74) is 0.402. The fraction of sp³-hybridized carbons (Fsp3) is 0.636. The molecule has 8 heteroatoms. The molecule has 1 fully saturated rings. The minimum absolute atomic E-state index is 0.126. The van der Waals surface area contributed by atoms with Crippen LogP contribution in [-0.4, -0.2) is 35.1 Å². The number of nitrogens with one attached hydrogen (secondary N) is 1. The molecule has 1 aliphatic heterocycles. The SMILES string of the molecule is O=C(CCC(F)(F)F)Nc1cnn(C2CCOC2)c1. The van der Waals surface area contributed by atoms with Crippen LogP contribution < -0.4 is 5.32 Å². The lowest BCUT2D eigenvalue weighted by atomic mass is 10.3. The van der Waals surface area contributed by atoms with Gasteiger partial charge >= 0.3 is 6.18 Å². The van der Waals surface area contributed by atoms with Gasteiger partial charge in [0.15, 0.2) is 0 Å². The molecule has 1 atom stereocenters. The lowest BCUT2D eigenvalue weighted by molar-refractivity contribution is -0.142. The molecule has 1 saturated heterocycles. The van der Waals surface area contributed by atoms with Gasteiger partial charge in [0.1, 0.15) is 0 Å². The average Bonchev–Trinajstić information content (AvgIpc) is 2.94. The van der Waals surface area contributed by atoms with E-state index in [9.17, 15) is 18.0 Å². The van der Waals surface area contributed by atoms with Crippen molar-refractivity contribution in [3.8, 4) is 0 Å². The van der Waals surface area contributed by atoms with E-state index in [1.54, 1.807) is 10.9 Å². The molecule has 106 valence electrons. The summed E-state index contributed by atoms with van der Waals surface area (Å²) in [5.74, 6) is -0.667. The zero-order chi connectivity index (χ0) is 13.9. The summed E-state index contributed by atoms with van der Waals surface area (Å²) >= 11 is 0. The first kappa shape index (κ1) is 13.9. The van der Waals surface area contributed by atoms with Crippen LogP contribution in [-0.2, 0) is 9.53 Å². The second kappa shape index (κ2) is 5.60. The molecule has 0 aliphatic carbocycles. The number of carbonyl (C=O) groups is 1. The van der Waals surface area contributed by atoms with Crippen molar-refractivity contribution in [3.05, 3.63) is 12.4 Å². The molecule has 0 spiro atoms. The van der Waals surface area contributed by atoms with Crippen LogP contribution in [0, 0.1) is 0 Å². The molecule has 0 radical (unpaired) electrons. The van der Waals surface area contributed by atoms with E-state index in [2.05, 4.69) is 10.4 Å². The summed E-state index contributed by atoms with van der Waals surface area (Å²) in [5, 5.41) is 6.46. The van der Waals surface area contributed by atoms with Gasteiger partial charge in [0.25, 0.3) is 0 Å². The van der Waals surface area contributed by atoms with Crippen LogP contribution in [0.1, 0.15) is 25.3 Å². The van der Waals surface area contributed by atoms with Crippen LogP contribution in [0.3, 0.4) is 0 Å². The van der Waals surface area contributed by atoms with Gasteiger partial charge in [-0.2, -0.15) is 18.3 Å². The normalized spacial score (nSPS) is 19.6. The Kier molecular flexibility index (Phi) is 4.08. The number of aromatic nitrogens is 2. The Balaban J connectivity index is 1.84. The molecule has 1 N–H and O–H groups in total. The van der Waals surface area contributed by atoms with E-state index in [-0.39, 0.29) is 6.04 Å². The molecule has 5 nitrogen and oxygen atoms in total. The van der Waals surface area contributed by atoms with Crippen molar-refractivity contribution in [2.24, 2.45) is 0 Å². The molecular formula is C11H14F3N3O2. The van der Waals surface area contributed by atoms with Gasteiger partial charge in [-0.3, -0.25) is 9.48 Å².